The molecule has 20 heavy (non-hydrogen) atoms. The fourth-order valence-electron chi connectivity index (χ4n) is 2.98. The third kappa shape index (κ3) is 3.18. The number of carbonyl (C=O) groups excluding carboxylic acids is 1. The smallest absolute Gasteiger partial charge is 0.270 e. The Morgan fingerprint density at radius 3 is 2.95 bits per heavy atom. The van der Waals surface area contributed by atoms with Gasteiger partial charge in [-0.2, -0.15) is 0 Å². The minimum atomic E-state index is 0.00399. The predicted octanol–water partition coefficient (Wildman–Crippen LogP) is 2.89. The average Bonchev–Trinajstić information content (AvgIpc) is 2.79. The van der Waals surface area contributed by atoms with Crippen molar-refractivity contribution in [1.29, 1.82) is 0 Å². The van der Waals surface area contributed by atoms with Crippen LogP contribution >= 0.6 is 11.6 Å². The van der Waals surface area contributed by atoms with E-state index in [4.69, 9.17) is 17.3 Å². The van der Waals surface area contributed by atoms with Gasteiger partial charge in [0.2, 0.25) is 0 Å². The summed E-state index contributed by atoms with van der Waals surface area (Å²) in [5.41, 5.74) is 6.73. The van der Waals surface area contributed by atoms with E-state index in [1.165, 1.54) is 0 Å². The van der Waals surface area contributed by atoms with Crippen LogP contribution in [0.25, 0.3) is 0 Å². The van der Waals surface area contributed by atoms with Crippen LogP contribution in [0.1, 0.15) is 50.0 Å². The molecule has 1 aromatic rings. The molecule has 1 aliphatic heterocycles. The number of aromatic nitrogens is 1. The van der Waals surface area contributed by atoms with Gasteiger partial charge in [-0.25, -0.2) is 0 Å². The number of hydrogen-bond donors (Lipinski definition) is 1. The van der Waals surface area contributed by atoms with E-state index in [-0.39, 0.29) is 18.0 Å². The maximum Gasteiger partial charge on any atom is 0.270 e. The molecule has 1 aromatic heterocycles. The van der Waals surface area contributed by atoms with Gasteiger partial charge in [-0.1, -0.05) is 18.5 Å². The molecule has 2 N–H and O–H groups in total. The summed E-state index contributed by atoms with van der Waals surface area (Å²) >= 11 is 6.07. The Balaban J connectivity index is 2.25. The number of rotatable bonds is 4. The van der Waals surface area contributed by atoms with Crippen LogP contribution < -0.4 is 5.73 Å². The molecule has 2 rings (SSSR count). The Morgan fingerprint density at radius 2 is 2.30 bits per heavy atom. The summed E-state index contributed by atoms with van der Waals surface area (Å²) < 4.78 is 1.96. The number of nitrogens with zero attached hydrogens (tertiary/aromatic N) is 2. The lowest BCUT2D eigenvalue weighted by molar-refractivity contribution is 0.0572. The minimum Gasteiger partial charge on any atom is -0.342 e. The molecule has 0 aliphatic carbocycles. The number of halogens is 1. The van der Waals surface area contributed by atoms with Crippen molar-refractivity contribution in [3.05, 3.63) is 23.0 Å². The summed E-state index contributed by atoms with van der Waals surface area (Å²) in [5.74, 6) is 0.0624. The topological polar surface area (TPSA) is 51.3 Å². The zero-order chi connectivity index (χ0) is 14.7. The second kappa shape index (κ2) is 6.64. The van der Waals surface area contributed by atoms with E-state index in [9.17, 15) is 4.79 Å². The lowest BCUT2D eigenvalue weighted by Crippen LogP contribution is -2.52. The molecule has 1 amide bonds. The first-order valence-corrected chi connectivity index (χ1v) is 7.84. The lowest BCUT2D eigenvalue weighted by Gasteiger charge is -2.38. The molecule has 2 heterocycles. The van der Waals surface area contributed by atoms with Crippen LogP contribution in [0.4, 0.5) is 0 Å². The van der Waals surface area contributed by atoms with Gasteiger partial charge in [0, 0.05) is 31.4 Å². The Kier molecular flexibility index (Phi) is 5.11. The fourth-order valence-corrected chi connectivity index (χ4v) is 3.20. The van der Waals surface area contributed by atoms with Crippen molar-refractivity contribution in [1.82, 2.24) is 9.47 Å². The normalized spacial score (nSPS) is 21.0. The largest absolute Gasteiger partial charge is 0.342 e. The molecular formula is C15H24ClN3O. The monoisotopic (exact) mass is 297 g/mol. The third-order valence-corrected chi connectivity index (χ3v) is 4.17. The van der Waals surface area contributed by atoms with Gasteiger partial charge in [0.25, 0.3) is 5.91 Å². The number of amides is 1. The molecule has 112 valence electrons. The molecule has 0 radical (unpaired) electrons. The lowest BCUT2D eigenvalue weighted by atomic mass is 9.96. The molecule has 0 aromatic carbocycles. The van der Waals surface area contributed by atoms with Gasteiger partial charge >= 0.3 is 0 Å². The van der Waals surface area contributed by atoms with E-state index in [1.807, 2.05) is 22.6 Å². The summed E-state index contributed by atoms with van der Waals surface area (Å²) in [7, 11) is 0. The first kappa shape index (κ1) is 15.4. The summed E-state index contributed by atoms with van der Waals surface area (Å²) in [5, 5.41) is 0.621. The van der Waals surface area contributed by atoms with Crippen LogP contribution in [0, 0.1) is 0 Å². The van der Waals surface area contributed by atoms with Crippen LogP contribution in [0.5, 0.6) is 0 Å². The van der Waals surface area contributed by atoms with Gasteiger partial charge in [-0.05, 0) is 38.7 Å². The Labute approximate surface area is 125 Å². The maximum atomic E-state index is 12.8. The number of hydrogen-bond acceptors (Lipinski definition) is 2. The van der Waals surface area contributed by atoms with Crippen molar-refractivity contribution < 1.29 is 4.79 Å². The zero-order valence-electron chi connectivity index (χ0n) is 12.3. The fraction of sp³-hybridized carbons (Fsp3) is 0.667. The van der Waals surface area contributed by atoms with E-state index < -0.39 is 0 Å². The van der Waals surface area contributed by atoms with E-state index >= 15 is 0 Å². The Hall–Kier alpha value is -1.00. The maximum absolute atomic E-state index is 12.8. The molecule has 1 saturated heterocycles. The van der Waals surface area contributed by atoms with Gasteiger partial charge in [0.1, 0.15) is 5.69 Å². The standard InChI is InChI=1S/C15H24ClN3O/c1-3-7-18-10-12(16)9-14(18)15(20)19-8-5-4-6-13(19)11(2)17/h9-11,13H,3-8,17H2,1-2H3. The van der Waals surface area contributed by atoms with Crippen LogP contribution in [0.3, 0.4) is 0 Å². The molecule has 4 nitrogen and oxygen atoms in total. The molecular weight excluding hydrogens is 274 g/mol. The first-order chi connectivity index (χ1) is 9.54. The van der Waals surface area contributed by atoms with Crippen LogP contribution in [0.15, 0.2) is 12.3 Å². The highest BCUT2D eigenvalue weighted by atomic mass is 35.5. The average molecular weight is 298 g/mol. The van der Waals surface area contributed by atoms with Crippen molar-refractivity contribution in [3.63, 3.8) is 0 Å². The number of nitrogens with two attached hydrogens (primary N) is 1. The minimum absolute atomic E-state index is 0.00399. The van der Waals surface area contributed by atoms with Gasteiger partial charge in [-0.3, -0.25) is 4.79 Å². The summed E-state index contributed by atoms with van der Waals surface area (Å²) in [4.78, 5) is 14.8. The highest BCUT2D eigenvalue weighted by Gasteiger charge is 2.31. The summed E-state index contributed by atoms with van der Waals surface area (Å²) in [6.07, 6.45) is 6.00. The van der Waals surface area contributed by atoms with Crippen molar-refractivity contribution in [2.24, 2.45) is 5.73 Å². The first-order valence-electron chi connectivity index (χ1n) is 7.46. The van der Waals surface area contributed by atoms with Crippen LogP contribution in [-0.4, -0.2) is 34.0 Å². The zero-order valence-corrected chi connectivity index (χ0v) is 13.1. The van der Waals surface area contributed by atoms with Crippen molar-refractivity contribution >= 4 is 17.5 Å². The molecule has 0 spiro atoms. The summed E-state index contributed by atoms with van der Waals surface area (Å²) in [6, 6.07) is 1.91. The molecule has 1 fully saturated rings. The van der Waals surface area contributed by atoms with Gasteiger partial charge < -0.3 is 15.2 Å². The third-order valence-electron chi connectivity index (χ3n) is 3.96. The van der Waals surface area contributed by atoms with Gasteiger partial charge in [0.05, 0.1) is 5.02 Å². The van der Waals surface area contributed by atoms with Crippen molar-refractivity contribution in [2.45, 2.75) is 58.2 Å². The van der Waals surface area contributed by atoms with E-state index in [0.29, 0.717) is 10.7 Å². The van der Waals surface area contributed by atoms with Crippen molar-refractivity contribution in [2.75, 3.05) is 6.54 Å². The van der Waals surface area contributed by atoms with E-state index in [2.05, 4.69) is 6.92 Å². The van der Waals surface area contributed by atoms with Crippen molar-refractivity contribution in [3.8, 4) is 0 Å². The number of carbonyl (C=O) groups is 1. The second-order valence-corrected chi connectivity index (χ2v) is 6.09. The van der Waals surface area contributed by atoms with Gasteiger partial charge in [-0.15, -0.1) is 0 Å². The predicted molar refractivity (Wildman–Crippen MR) is 82.1 cm³/mol. The Morgan fingerprint density at radius 1 is 1.55 bits per heavy atom. The highest BCUT2D eigenvalue weighted by Crippen LogP contribution is 2.23. The molecule has 1 aliphatic rings. The highest BCUT2D eigenvalue weighted by molar-refractivity contribution is 6.31. The van der Waals surface area contributed by atoms with E-state index in [0.717, 1.165) is 38.8 Å². The number of aryl methyl sites for hydroxylation is 1. The number of piperidine rings is 1. The number of likely N-dealkylation sites (tertiary alicyclic amines) is 1. The second-order valence-electron chi connectivity index (χ2n) is 5.66. The molecule has 2 unspecified atom stereocenters. The Bertz CT molecular complexity index is 470. The molecule has 2 atom stereocenters. The van der Waals surface area contributed by atoms with Gasteiger partial charge in [0.15, 0.2) is 0 Å². The molecule has 0 bridgehead atoms. The van der Waals surface area contributed by atoms with E-state index in [1.54, 1.807) is 6.07 Å². The quantitative estimate of drug-likeness (QED) is 0.929. The molecule has 5 heteroatoms. The summed E-state index contributed by atoms with van der Waals surface area (Å²) in [6.45, 7) is 5.67. The molecule has 0 saturated carbocycles. The van der Waals surface area contributed by atoms with Crippen LogP contribution in [-0.2, 0) is 6.54 Å². The SMILES string of the molecule is CCCn1cc(Cl)cc1C(=O)N1CCCCC1C(C)N. The van der Waals surface area contributed by atoms with Crippen LogP contribution in [0.2, 0.25) is 5.02 Å².